The molecule has 0 saturated carbocycles. The minimum absolute atomic E-state index is 0.0410. The maximum Gasteiger partial charge on any atom is 0.223 e. The Morgan fingerprint density at radius 2 is 2.00 bits per heavy atom. The van der Waals surface area contributed by atoms with Crippen LogP contribution in [0.25, 0.3) is 0 Å². The summed E-state index contributed by atoms with van der Waals surface area (Å²) in [5.41, 5.74) is 2.41. The van der Waals surface area contributed by atoms with Crippen LogP contribution in [0.15, 0.2) is 24.3 Å². The second-order valence-electron chi connectivity index (χ2n) is 6.68. The van der Waals surface area contributed by atoms with Crippen LogP contribution in [0.1, 0.15) is 37.3 Å². The minimum Gasteiger partial charge on any atom is -0.393 e. The Morgan fingerprint density at radius 1 is 1.33 bits per heavy atom. The molecule has 2 rings (SSSR count). The molecular weight excluding hydrogens is 304 g/mol. The number of benzene rings is 1. The summed E-state index contributed by atoms with van der Waals surface area (Å²) in [6.45, 7) is 5.82. The molecule has 1 fully saturated rings. The third-order valence-corrected chi connectivity index (χ3v) is 4.73. The van der Waals surface area contributed by atoms with Crippen molar-refractivity contribution in [2.24, 2.45) is 5.92 Å². The summed E-state index contributed by atoms with van der Waals surface area (Å²) in [4.78, 5) is 14.5. The molecule has 0 bridgehead atoms. The first-order valence-electron chi connectivity index (χ1n) is 8.84. The van der Waals surface area contributed by atoms with E-state index in [4.69, 9.17) is 4.74 Å². The van der Waals surface area contributed by atoms with Gasteiger partial charge in [0.25, 0.3) is 0 Å². The smallest absolute Gasteiger partial charge is 0.223 e. The quantitative estimate of drug-likeness (QED) is 0.763. The predicted octanol–water partition coefficient (Wildman–Crippen LogP) is 1.93. The molecule has 5 nitrogen and oxygen atoms in total. The first-order chi connectivity index (χ1) is 11.6. The number of hydrogen-bond acceptors (Lipinski definition) is 4. The number of carbonyl (C=O) groups excluding carboxylic acids is 1. The van der Waals surface area contributed by atoms with E-state index < -0.39 is 0 Å². The number of methoxy groups -OCH3 is 1. The third-order valence-electron chi connectivity index (χ3n) is 4.73. The van der Waals surface area contributed by atoms with Crippen molar-refractivity contribution in [3.63, 3.8) is 0 Å². The Kier molecular flexibility index (Phi) is 7.69. The lowest BCUT2D eigenvalue weighted by atomic mass is 10.0. The van der Waals surface area contributed by atoms with E-state index in [9.17, 15) is 9.90 Å². The molecule has 1 aromatic carbocycles. The van der Waals surface area contributed by atoms with Gasteiger partial charge in [-0.15, -0.1) is 0 Å². The molecule has 0 aliphatic carbocycles. The SMILES string of the molecule is COCCC(C)C(=O)NCc1ccccc1CN1CCC(O)CC1. The van der Waals surface area contributed by atoms with E-state index >= 15 is 0 Å². The number of ether oxygens (including phenoxy) is 1. The van der Waals surface area contributed by atoms with Gasteiger partial charge in [0.2, 0.25) is 5.91 Å². The van der Waals surface area contributed by atoms with Gasteiger partial charge in [-0.25, -0.2) is 0 Å². The zero-order valence-corrected chi connectivity index (χ0v) is 14.8. The topological polar surface area (TPSA) is 61.8 Å². The van der Waals surface area contributed by atoms with E-state index in [1.54, 1.807) is 7.11 Å². The summed E-state index contributed by atoms with van der Waals surface area (Å²) in [5.74, 6) is 0.0312. The fraction of sp³-hybridized carbons (Fsp3) is 0.632. The van der Waals surface area contributed by atoms with E-state index in [-0.39, 0.29) is 17.9 Å². The van der Waals surface area contributed by atoms with Crippen LogP contribution < -0.4 is 5.32 Å². The van der Waals surface area contributed by atoms with Crippen molar-refractivity contribution in [1.82, 2.24) is 10.2 Å². The number of likely N-dealkylation sites (tertiary alicyclic amines) is 1. The second-order valence-corrected chi connectivity index (χ2v) is 6.68. The molecule has 1 aliphatic rings. The Labute approximate surface area is 145 Å². The average Bonchev–Trinajstić information content (AvgIpc) is 2.60. The Bertz CT molecular complexity index is 513. The van der Waals surface area contributed by atoms with Crippen LogP contribution in [0.4, 0.5) is 0 Å². The fourth-order valence-corrected chi connectivity index (χ4v) is 2.98. The molecule has 1 atom stereocenters. The molecule has 24 heavy (non-hydrogen) atoms. The lowest BCUT2D eigenvalue weighted by Gasteiger charge is -2.30. The van der Waals surface area contributed by atoms with Gasteiger partial charge in [0.15, 0.2) is 0 Å². The van der Waals surface area contributed by atoms with Crippen molar-refractivity contribution >= 4 is 5.91 Å². The lowest BCUT2D eigenvalue weighted by Crippen LogP contribution is -2.36. The van der Waals surface area contributed by atoms with E-state index in [2.05, 4.69) is 22.3 Å². The van der Waals surface area contributed by atoms with Gasteiger partial charge in [0.05, 0.1) is 6.10 Å². The largest absolute Gasteiger partial charge is 0.393 e. The van der Waals surface area contributed by atoms with Crippen LogP contribution in [0.3, 0.4) is 0 Å². The minimum atomic E-state index is -0.149. The number of rotatable bonds is 8. The average molecular weight is 334 g/mol. The highest BCUT2D eigenvalue weighted by Crippen LogP contribution is 2.16. The second kappa shape index (κ2) is 9.77. The van der Waals surface area contributed by atoms with Crippen LogP contribution in [-0.2, 0) is 22.6 Å². The summed E-state index contributed by atoms with van der Waals surface area (Å²) in [5, 5.41) is 12.7. The van der Waals surface area contributed by atoms with E-state index in [0.29, 0.717) is 13.2 Å². The van der Waals surface area contributed by atoms with Gasteiger partial charge in [-0.2, -0.15) is 0 Å². The maximum absolute atomic E-state index is 12.2. The highest BCUT2D eigenvalue weighted by Gasteiger charge is 2.18. The lowest BCUT2D eigenvalue weighted by molar-refractivity contribution is -0.125. The molecule has 1 unspecified atom stereocenters. The summed E-state index contributed by atoms with van der Waals surface area (Å²) >= 11 is 0. The molecule has 1 saturated heterocycles. The highest BCUT2D eigenvalue weighted by atomic mass is 16.5. The number of carbonyl (C=O) groups is 1. The van der Waals surface area contributed by atoms with Crippen molar-refractivity contribution in [3.05, 3.63) is 35.4 Å². The molecule has 2 N–H and O–H groups in total. The van der Waals surface area contributed by atoms with Crippen LogP contribution in [0.2, 0.25) is 0 Å². The normalized spacial score (nSPS) is 17.6. The maximum atomic E-state index is 12.2. The molecule has 1 aromatic rings. The summed E-state index contributed by atoms with van der Waals surface area (Å²) in [7, 11) is 1.65. The Hall–Kier alpha value is -1.43. The summed E-state index contributed by atoms with van der Waals surface area (Å²) < 4.78 is 5.03. The molecule has 1 heterocycles. The number of aliphatic hydroxyl groups excluding tert-OH is 1. The number of piperidine rings is 1. The third kappa shape index (κ3) is 5.89. The number of amides is 1. The van der Waals surface area contributed by atoms with Crippen molar-refractivity contribution in [1.29, 1.82) is 0 Å². The van der Waals surface area contributed by atoms with Gasteiger partial charge < -0.3 is 15.2 Å². The molecule has 1 aliphatic heterocycles. The number of nitrogens with one attached hydrogen (secondary N) is 1. The number of aliphatic hydroxyl groups is 1. The van der Waals surface area contributed by atoms with E-state index in [1.807, 2.05) is 19.1 Å². The molecule has 0 aromatic heterocycles. The van der Waals surface area contributed by atoms with Gasteiger partial charge in [0.1, 0.15) is 0 Å². The molecule has 1 amide bonds. The Balaban J connectivity index is 1.88. The van der Waals surface area contributed by atoms with Crippen molar-refractivity contribution in [2.75, 3.05) is 26.8 Å². The van der Waals surface area contributed by atoms with E-state index in [0.717, 1.165) is 44.5 Å². The monoisotopic (exact) mass is 334 g/mol. The first kappa shape index (κ1) is 18.9. The van der Waals surface area contributed by atoms with Crippen molar-refractivity contribution in [2.45, 2.75) is 45.4 Å². The molecule has 134 valence electrons. The summed E-state index contributed by atoms with van der Waals surface area (Å²) in [6, 6.07) is 8.26. The number of hydrogen-bond donors (Lipinski definition) is 2. The van der Waals surface area contributed by atoms with Gasteiger partial charge >= 0.3 is 0 Å². The predicted molar refractivity (Wildman–Crippen MR) is 94.5 cm³/mol. The summed E-state index contributed by atoms with van der Waals surface area (Å²) in [6.07, 6.45) is 2.27. The van der Waals surface area contributed by atoms with Crippen LogP contribution in [0, 0.1) is 5.92 Å². The van der Waals surface area contributed by atoms with Gasteiger partial charge in [-0.1, -0.05) is 31.2 Å². The highest BCUT2D eigenvalue weighted by molar-refractivity contribution is 5.78. The van der Waals surface area contributed by atoms with Crippen LogP contribution in [-0.4, -0.2) is 48.8 Å². The number of nitrogens with zero attached hydrogens (tertiary/aromatic N) is 1. The van der Waals surface area contributed by atoms with Crippen molar-refractivity contribution in [3.8, 4) is 0 Å². The molecule has 0 radical (unpaired) electrons. The Morgan fingerprint density at radius 3 is 2.67 bits per heavy atom. The van der Waals surface area contributed by atoms with Crippen LogP contribution >= 0.6 is 0 Å². The molecule has 5 heteroatoms. The van der Waals surface area contributed by atoms with Gasteiger partial charge in [-0.3, -0.25) is 9.69 Å². The fourth-order valence-electron chi connectivity index (χ4n) is 2.98. The standard InChI is InChI=1S/C19H30N2O3/c1-15(9-12-24-2)19(23)20-13-16-5-3-4-6-17(16)14-21-10-7-18(22)8-11-21/h3-6,15,18,22H,7-14H2,1-2H3,(H,20,23). The van der Waals surface area contributed by atoms with E-state index in [1.165, 1.54) is 5.56 Å². The zero-order valence-electron chi connectivity index (χ0n) is 14.8. The first-order valence-corrected chi connectivity index (χ1v) is 8.84. The molecular formula is C19H30N2O3. The van der Waals surface area contributed by atoms with Crippen molar-refractivity contribution < 1.29 is 14.6 Å². The van der Waals surface area contributed by atoms with Crippen LogP contribution in [0.5, 0.6) is 0 Å². The van der Waals surface area contributed by atoms with Gasteiger partial charge in [0, 0.05) is 45.8 Å². The molecule has 0 spiro atoms. The zero-order chi connectivity index (χ0) is 17.4. The van der Waals surface area contributed by atoms with Gasteiger partial charge in [-0.05, 0) is 30.4 Å².